The highest BCUT2D eigenvalue weighted by Crippen LogP contribution is 2.21. The Hall–Kier alpha value is -4.52. The Bertz CT molecular complexity index is 1180. The van der Waals surface area contributed by atoms with E-state index in [9.17, 15) is 19.2 Å². The minimum Gasteiger partial charge on any atom is -0.326 e. The first-order valence-electron chi connectivity index (χ1n) is 10.2. The van der Waals surface area contributed by atoms with Crippen LogP contribution >= 0.6 is 0 Å². The number of allylic oxidation sites excluding steroid dienone is 1. The number of carbonyl (C=O) groups excluding carboxylic acids is 4. The van der Waals surface area contributed by atoms with Gasteiger partial charge in [0.05, 0.1) is 0 Å². The molecule has 0 saturated heterocycles. The number of hydrogen-bond acceptors (Lipinski definition) is 4. The van der Waals surface area contributed by atoms with Crippen molar-refractivity contribution in [3.63, 3.8) is 0 Å². The summed E-state index contributed by atoms with van der Waals surface area (Å²) in [6.07, 6.45) is 3.21. The van der Waals surface area contributed by atoms with E-state index < -0.39 is 5.91 Å². The van der Waals surface area contributed by atoms with Crippen LogP contribution in [0.3, 0.4) is 0 Å². The van der Waals surface area contributed by atoms with E-state index in [2.05, 4.69) is 16.0 Å². The third-order valence-corrected chi connectivity index (χ3v) is 4.49. The van der Waals surface area contributed by atoms with Crippen molar-refractivity contribution in [3.05, 3.63) is 95.6 Å². The molecule has 0 spiro atoms. The highest BCUT2D eigenvalue weighted by Gasteiger charge is 2.11. The van der Waals surface area contributed by atoms with E-state index in [1.807, 2.05) is 18.2 Å². The summed E-state index contributed by atoms with van der Waals surface area (Å²) in [7, 11) is 0. The molecular formula is C26H23N3O4. The molecule has 0 aliphatic heterocycles. The van der Waals surface area contributed by atoms with Crippen LogP contribution < -0.4 is 16.0 Å². The molecule has 0 radical (unpaired) electrons. The summed E-state index contributed by atoms with van der Waals surface area (Å²) in [5, 5.41) is 8.01. The Morgan fingerprint density at radius 2 is 1.21 bits per heavy atom. The molecule has 0 aliphatic rings. The number of benzene rings is 3. The second kappa shape index (κ2) is 10.7. The summed E-state index contributed by atoms with van der Waals surface area (Å²) in [4.78, 5) is 47.7. The maximum absolute atomic E-state index is 12.8. The first-order valence-corrected chi connectivity index (χ1v) is 10.2. The summed E-state index contributed by atoms with van der Waals surface area (Å²) >= 11 is 0. The van der Waals surface area contributed by atoms with Crippen LogP contribution in [0.4, 0.5) is 17.1 Å². The number of amides is 3. The van der Waals surface area contributed by atoms with Gasteiger partial charge in [0.1, 0.15) is 0 Å². The molecule has 3 rings (SSSR count). The van der Waals surface area contributed by atoms with Crippen LogP contribution in [-0.4, -0.2) is 23.5 Å². The number of nitrogens with one attached hydrogen (secondary N) is 3. The zero-order valence-electron chi connectivity index (χ0n) is 18.2. The smallest absolute Gasteiger partial charge is 0.255 e. The lowest BCUT2D eigenvalue weighted by molar-refractivity contribution is -0.115. The van der Waals surface area contributed by atoms with Gasteiger partial charge in [-0.25, -0.2) is 0 Å². The lowest BCUT2D eigenvalue weighted by Gasteiger charge is -2.11. The summed E-state index contributed by atoms with van der Waals surface area (Å²) in [6.45, 7) is 2.71. The third-order valence-electron chi connectivity index (χ3n) is 4.49. The lowest BCUT2D eigenvalue weighted by Crippen LogP contribution is -2.15. The van der Waals surface area contributed by atoms with Gasteiger partial charge >= 0.3 is 0 Å². The third kappa shape index (κ3) is 7.00. The first kappa shape index (κ1) is 23.1. The summed E-state index contributed by atoms with van der Waals surface area (Å²) in [5.74, 6) is -1.09. The van der Waals surface area contributed by atoms with Gasteiger partial charge in [-0.05, 0) is 42.0 Å². The SMILES string of the molecule is CC(=O)Nc1cc(NC(C)=O)cc(C(=O)Nc2ccc(/C=C/C(=O)c3ccccc3)cc2)c1. The van der Waals surface area contributed by atoms with Crippen LogP contribution in [0.25, 0.3) is 6.08 Å². The van der Waals surface area contributed by atoms with E-state index in [-0.39, 0.29) is 23.2 Å². The molecule has 7 nitrogen and oxygen atoms in total. The molecule has 0 fully saturated rings. The van der Waals surface area contributed by atoms with Crippen LogP contribution in [-0.2, 0) is 9.59 Å². The number of hydrogen-bond donors (Lipinski definition) is 3. The van der Waals surface area contributed by atoms with Crippen molar-refractivity contribution in [2.75, 3.05) is 16.0 Å². The van der Waals surface area contributed by atoms with Gasteiger partial charge in [-0.1, -0.05) is 48.5 Å². The number of carbonyl (C=O) groups is 4. The molecule has 3 aromatic carbocycles. The van der Waals surface area contributed by atoms with E-state index in [1.165, 1.54) is 32.1 Å². The Morgan fingerprint density at radius 3 is 1.76 bits per heavy atom. The second-order valence-corrected chi connectivity index (χ2v) is 7.30. The maximum Gasteiger partial charge on any atom is 0.255 e. The fraction of sp³-hybridized carbons (Fsp3) is 0.0769. The highest BCUT2D eigenvalue weighted by molar-refractivity contribution is 6.07. The predicted octanol–water partition coefficient (Wildman–Crippen LogP) is 4.75. The van der Waals surface area contributed by atoms with Crippen molar-refractivity contribution in [3.8, 4) is 0 Å². The van der Waals surface area contributed by atoms with E-state index in [4.69, 9.17) is 0 Å². The van der Waals surface area contributed by atoms with Gasteiger partial charge in [0.15, 0.2) is 5.78 Å². The van der Waals surface area contributed by atoms with Crippen LogP contribution in [0.5, 0.6) is 0 Å². The van der Waals surface area contributed by atoms with Crippen LogP contribution in [0.2, 0.25) is 0 Å². The van der Waals surface area contributed by atoms with Crippen molar-refractivity contribution in [2.24, 2.45) is 0 Å². The zero-order valence-corrected chi connectivity index (χ0v) is 18.2. The number of anilines is 3. The average molecular weight is 441 g/mol. The molecule has 0 heterocycles. The molecule has 3 aromatic rings. The van der Waals surface area contributed by atoms with E-state index in [1.54, 1.807) is 48.5 Å². The minimum absolute atomic E-state index is 0.0954. The van der Waals surface area contributed by atoms with Gasteiger partial charge in [-0.3, -0.25) is 19.2 Å². The van der Waals surface area contributed by atoms with E-state index in [0.29, 0.717) is 22.6 Å². The molecule has 3 N–H and O–H groups in total. The maximum atomic E-state index is 12.8. The molecule has 0 aliphatic carbocycles. The Kier molecular flexibility index (Phi) is 7.49. The number of rotatable bonds is 7. The molecule has 0 atom stereocenters. The van der Waals surface area contributed by atoms with E-state index in [0.717, 1.165) is 5.56 Å². The van der Waals surface area contributed by atoms with Crippen molar-refractivity contribution in [1.29, 1.82) is 0 Å². The van der Waals surface area contributed by atoms with Crippen molar-refractivity contribution in [1.82, 2.24) is 0 Å². The molecule has 0 saturated carbocycles. The fourth-order valence-corrected chi connectivity index (χ4v) is 3.06. The molecule has 0 aromatic heterocycles. The standard InChI is InChI=1S/C26H23N3O4/c1-17(30)27-23-14-21(15-24(16-23)28-18(2)31)26(33)29-22-11-8-19(9-12-22)10-13-25(32)20-6-4-3-5-7-20/h3-16H,1-2H3,(H,27,30)(H,28,31)(H,29,33)/b13-10+. The summed E-state index contributed by atoms with van der Waals surface area (Å²) in [5.41, 5.74) is 3.01. The molecule has 7 heteroatoms. The molecule has 3 amide bonds. The molecule has 33 heavy (non-hydrogen) atoms. The summed E-state index contributed by atoms with van der Waals surface area (Å²) < 4.78 is 0. The predicted molar refractivity (Wildman–Crippen MR) is 129 cm³/mol. The molecule has 0 unspecified atom stereocenters. The first-order chi connectivity index (χ1) is 15.8. The fourth-order valence-electron chi connectivity index (χ4n) is 3.06. The lowest BCUT2D eigenvalue weighted by atomic mass is 10.1. The normalized spacial score (nSPS) is 10.5. The molecule has 0 bridgehead atoms. The van der Waals surface area contributed by atoms with Crippen LogP contribution in [0.1, 0.15) is 40.1 Å². The van der Waals surface area contributed by atoms with Crippen molar-refractivity contribution < 1.29 is 19.2 Å². The largest absolute Gasteiger partial charge is 0.326 e. The van der Waals surface area contributed by atoms with Gasteiger partial charge in [0.25, 0.3) is 5.91 Å². The molecular weight excluding hydrogens is 418 g/mol. The quantitative estimate of drug-likeness (QED) is 0.363. The topological polar surface area (TPSA) is 104 Å². The van der Waals surface area contributed by atoms with Gasteiger partial charge in [0, 0.05) is 42.0 Å². The van der Waals surface area contributed by atoms with Gasteiger partial charge in [-0.2, -0.15) is 0 Å². The van der Waals surface area contributed by atoms with Gasteiger partial charge in [-0.15, -0.1) is 0 Å². The van der Waals surface area contributed by atoms with E-state index >= 15 is 0 Å². The molecule has 166 valence electrons. The Morgan fingerprint density at radius 1 is 0.636 bits per heavy atom. The zero-order chi connectivity index (χ0) is 23.8. The summed E-state index contributed by atoms with van der Waals surface area (Å²) in [6, 6.07) is 20.6. The van der Waals surface area contributed by atoms with Crippen LogP contribution in [0, 0.1) is 0 Å². The number of ketones is 1. The van der Waals surface area contributed by atoms with Crippen LogP contribution in [0.15, 0.2) is 78.9 Å². The average Bonchev–Trinajstić information content (AvgIpc) is 2.78. The highest BCUT2D eigenvalue weighted by atomic mass is 16.2. The van der Waals surface area contributed by atoms with Gasteiger partial charge < -0.3 is 16.0 Å². The Balaban J connectivity index is 1.71. The van der Waals surface area contributed by atoms with Gasteiger partial charge in [0.2, 0.25) is 11.8 Å². The minimum atomic E-state index is -0.406. The van der Waals surface area contributed by atoms with Crippen molar-refractivity contribution in [2.45, 2.75) is 13.8 Å². The Labute approximate surface area is 191 Å². The second-order valence-electron chi connectivity index (χ2n) is 7.30. The van der Waals surface area contributed by atoms with Crippen molar-refractivity contribution >= 4 is 46.6 Å². The monoisotopic (exact) mass is 441 g/mol.